The molecule has 1 aliphatic rings. The van der Waals surface area contributed by atoms with E-state index in [9.17, 15) is 21.6 Å². The van der Waals surface area contributed by atoms with Crippen molar-refractivity contribution in [3.63, 3.8) is 0 Å². The lowest BCUT2D eigenvalue weighted by atomic mass is 10.2. The minimum absolute atomic E-state index is 0.00625. The van der Waals surface area contributed by atoms with Gasteiger partial charge in [-0.2, -0.15) is 13.2 Å². The second-order valence-electron chi connectivity index (χ2n) is 6.37. The fourth-order valence-electron chi connectivity index (χ4n) is 2.85. The fourth-order valence-corrected chi connectivity index (χ4v) is 3.44. The number of nitrogens with one attached hydrogen (secondary N) is 2. The van der Waals surface area contributed by atoms with Crippen LogP contribution in [0.1, 0.15) is 18.9 Å². The van der Waals surface area contributed by atoms with E-state index in [0.29, 0.717) is 31.0 Å². The molecule has 0 bridgehead atoms. The third-order valence-electron chi connectivity index (χ3n) is 4.01. The van der Waals surface area contributed by atoms with Gasteiger partial charge >= 0.3 is 6.18 Å². The lowest BCUT2D eigenvalue weighted by Crippen LogP contribution is -2.45. The number of guanidine groups is 1. The van der Waals surface area contributed by atoms with Crippen LogP contribution in [0.3, 0.4) is 0 Å². The molecule has 1 atom stereocenters. The highest BCUT2D eigenvalue weighted by molar-refractivity contribution is 7.89. The minimum Gasteiger partial charge on any atom is -0.357 e. The molecular weight excluding hydrogens is 383 g/mol. The van der Waals surface area contributed by atoms with Crippen LogP contribution in [-0.2, 0) is 16.6 Å². The van der Waals surface area contributed by atoms with Gasteiger partial charge in [-0.25, -0.2) is 18.5 Å². The number of alkyl halides is 3. The maximum Gasteiger partial charge on any atom is 0.401 e. The van der Waals surface area contributed by atoms with Crippen molar-refractivity contribution in [1.29, 1.82) is 0 Å². The smallest absolute Gasteiger partial charge is 0.357 e. The maximum absolute atomic E-state index is 12.5. The van der Waals surface area contributed by atoms with E-state index in [1.54, 1.807) is 12.1 Å². The van der Waals surface area contributed by atoms with Crippen LogP contribution in [0.2, 0.25) is 0 Å². The van der Waals surface area contributed by atoms with E-state index in [1.165, 1.54) is 17.0 Å². The second kappa shape index (κ2) is 8.89. The zero-order chi connectivity index (χ0) is 20.1. The molecule has 1 saturated heterocycles. The molecule has 1 unspecified atom stereocenters. The summed E-state index contributed by atoms with van der Waals surface area (Å²) in [6.45, 7) is 2.40. The Morgan fingerprint density at radius 3 is 2.78 bits per heavy atom. The van der Waals surface area contributed by atoms with Crippen molar-refractivity contribution in [1.82, 2.24) is 15.5 Å². The van der Waals surface area contributed by atoms with E-state index >= 15 is 0 Å². The van der Waals surface area contributed by atoms with Crippen molar-refractivity contribution in [2.45, 2.75) is 37.0 Å². The van der Waals surface area contributed by atoms with E-state index in [0.717, 1.165) is 0 Å². The normalized spacial score (nSPS) is 19.3. The quantitative estimate of drug-likeness (QED) is 0.483. The number of hydrogen-bond acceptors (Lipinski definition) is 4. The Morgan fingerprint density at radius 1 is 1.41 bits per heavy atom. The molecule has 0 aliphatic carbocycles. The van der Waals surface area contributed by atoms with Gasteiger partial charge in [-0.3, -0.25) is 4.90 Å². The molecule has 152 valence electrons. The summed E-state index contributed by atoms with van der Waals surface area (Å²) in [5.74, 6) is 0.470. The van der Waals surface area contributed by atoms with Gasteiger partial charge in [0.1, 0.15) is 0 Å². The lowest BCUT2D eigenvalue weighted by Gasteiger charge is -2.19. The molecule has 11 heteroatoms. The van der Waals surface area contributed by atoms with Gasteiger partial charge in [-0.15, -0.1) is 0 Å². The van der Waals surface area contributed by atoms with E-state index in [-0.39, 0.29) is 24.0 Å². The molecular formula is C16H24F3N5O2S. The topological polar surface area (TPSA) is 99.8 Å². The number of primary sulfonamides is 1. The number of nitrogens with zero attached hydrogens (tertiary/aromatic N) is 2. The van der Waals surface area contributed by atoms with Gasteiger partial charge in [0, 0.05) is 25.7 Å². The molecule has 7 nitrogen and oxygen atoms in total. The Labute approximate surface area is 156 Å². The van der Waals surface area contributed by atoms with Crippen LogP contribution >= 0.6 is 0 Å². The van der Waals surface area contributed by atoms with Gasteiger partial charge in [-0.05, 0) is 31.0 Å². The zero-order valence-electron chi connectivity index (χ0n) is 15.0. The molecule has 1 aromatic carbocycles. The van der Waals surface area contributed by atoms with Crippen molar-refractivity contribution in [3.05, 3.63) is 29.8 Å². The van der Waals surface area contributed by atoms with Crippen LogP contribution in [0, 0.1) is 0 Å². The molecule has 4 N–H and O–H groups in total. The number of aliphatic imine (C=N–C) groups is 1. The highest BCUT2D eigenvalue weighted by Gasteiger charge is 2.34. The summed E-state index contributed by atoms with van der Waals surface area (Å²) >= 11 is 0. The Bertz CT molecular complexity index is 768. The van der Waals surface area contributed by atoms with Crippen LogP contribution in [0.5, 0.6) is 0 Å². The summed E-state index contributed by atoms with van der Waals surface area (Å²) in [5.41, 5.74) is 0.656. The summed E-state index contributed by atoms with van der Waals surface area (Å²) in [6, 6.07) is 6.02. The van der Waals surface area contributed by atoms with E-state index < -0.39 is 22.7 Å². The van der Waals surface area contributed by atoms with Crippen LogP contribution in [0.25, 0.3) is 0 Å². The average molecular weight is 407 g/mol. The van der Waals surface area contributed by atoms with Crippen molar-refractivity contribution in [3.8, 4) is 0 Å². The molecule has 1 aromatic rings. The van der Waals surface area contributed by atoms with Gasteiger partial charge in [0.25, 0.3) is 0 Å². The van der Waals surface area contributed by atoms with Gasteiger partial charge in [-0.1, -0.05) is 12.1 Å². The number of hydrogen-bond donors (Lipinski definition) is 3. The van der Waals surface area contributed by atoms with Crippen molar-refractivity contribution >= 4 is 16.0 Å². The number of likely N-dealkylation sites (tertiary alicyclic amines) is 1. The monoisotopic (exact) mass is 407 g/mol. The number of rotatable bonds is 6. The number of sulfonamides is 1. The zero-order valence-corrected chi connectivity index (χ0v) is 15.8. The predicted molar refractivity (Wildman–Crippen MR) is 96.7 cm³/mol. The summed E-state index contributed by atoms with van der Waals surface area (Å²) in [4.78, 5) is 5.75. The van der Waals surface area contributed by atoms with E-state index in [4.69, 9.17) is 5.14 Å². The number of halogens is 3. The molecule has 1 aliphatic heterocycles. The molecule has 2 rings (SSSR count). The highest BCUT2D eigenvalue weighted by atomic mass is 32.2. The highest BCUT2D eigenvalue weighted by Crippen LogP contribution is 2.20. The fraction of sp³-hybridized carbons (Fsp3) is 0.562. The molecule has 0 aromatic heterocycles. The third-order valence-corrected chi connectivity index (χ3v) is 4.92. The van der Waals surface area contributed by atoms with Gasteiger partial charge in [0.2, 0.25) is 10.0 Å². The van der Waals surface area contributed by atoms with Gasteiger partial charge < -0.3 is 10.6 Å². The first-order chi connectivity index (χ1) is 12.6. The van der Waals surface area contributed by atoms with Crippen LogP contribution in [0.4, 0.5) is 13.2 Å². The van der Waals surface area contributed by atoms with Crippen LogP contribution in [0.15, 0.2) is 34.2 Å². The first-order valence-corrected chi connectivity index (χ1v) is 10.1. The molecule has 0 saturated carbocycles. The summed E-state index contributed by atoms with van der Waals surface area (Å²) in [6.07, 6.45) is -3.62. The molecule has 0 amide bonds. The van der Waals surface area contributed by atoms with Crippen molar-refractivity contribution in [2.75, 3.05) is 26.2 Å². The molecule has 0 spiro atoms. The van der Waals surface area contributed by atoms with Crippen LogP contribution < -0.4 is 15.8 Å². The Hall–Kier alpha value is -1.85. The van der Waals surface area contributed by atoms with Gasteiger partial charge in [0.15, 0.2) is 5.96 Å². The lowest BCUT2D eigenvalue weighted by molar-refractivity contribution is -0.143. The first-order valence-electron chi connectivity index (χ1n) is 8.52. The molecule has 27 heavy (non-hydrogen) atoms. The van der Waals surface area contributed by atoms with E-state index in [2.05, 4.69) is 15.6 Å². The minimum atomic E-state index is -4.21. The maximum atomic E-state index is 12.5. The molecule has 1 fully saturated rings. The van der Waals surface area contributed by atoms with Gasteiger partial charge in [0.05, 0.1) is 18.0 Å². The largest absolute Gasteiger partial charge is 0.401 e. The number of benzene rings is 1. The standard InChI is InChI=1S/C16H24F3N5O2S/c1-2-21-15(23-13-6-7-24(10-13)11-16(17,18)19)22-9-12-4-3-5-14(8-12)27(20,25)26/h3-5,8,13H,2,6-7,9-11H2,1H3,(H2,20,25,26)(H2,21,22,23). The Kier molecular flexibility index (Phi) is 7.06. The van der Waals surface area contributed by atoms with Crippen molar-refractivity contribution < 1.29 is 21.6 Å². The summed E-state index contributed by atoms with van der Waals surface area (Å²) < 4.78 is 60.3. The molecule has 1 heterocycles. The third kappa shape index (κ3) is 7.35. The Balaban J connectivity index is 1.99. The average Bonchev–Trinajstić information content (AvgIpc) is 2.97. The molecule has 0 radical (unpaired) electrons. The SMILES string of the molecule is CCNC(=NCc1cccc(S(N)(=O)=O)c1)NC1CCN(CC(F)(F)F)C1. The second-order valence-corrected chi connectivity index (χ2v) is 7.93. The number of nitrogens with two attached hydrogens (primary N) is 1. The first kappa shape index (κ1) is 21.5. The summed E-state index contributed by atoms with van der Waals surface area (Å²) in [5, 5.41) is 11.3. The van der Waals surface area contributed by atoms with E-state index in [1.807, 2.05) is 6.92 Å². The van der Waals surface area contributed by atoms with Crippen LogP contribution in [-0.4, -0.2) is 57.7 Å². The van der Waals surface area contributed by atoms with Crippen molar-refractivity contribution in [2.24, 2.45) is 10.1 Å². The summed E-state index contributed by atoms with van der Waals surface area (Å²) in [7, 11) is -3.79. The Morgan fingerprint density at radius 2 is 2.15 bits per heavy atom. The predicted octanol–water partition coefficient (Wildman–Crippen LogP) is 1.03.